The third-order valence-corrected chi connectivity index (χ3v) is 3.68. The van der Waals surface area contributed by atoms with Crippen LogP contribution in [0.15, 0.2) is 0 Å². The second kappa shape index (κ2) is 7.88. The average molecular weight is 305 g/mol. The van der Waals surface area contributed by atoms with Crippen LogP contribution < -0.4 is 5.32 Å². The number of carbonyl (C=O) groups excluding carboxylic acids is 2. The summed E-state index contributed by atoms with van der Waals surface area (Å²) in [6, 6.07) is -1.23. The van der Waals surface area contributed by atoms with E-state index in [0.717, 1.165) is 11.8 Å². The van der Waals surface area contributed by atoms with E-state index < -0.39 is 33.7 Å². The van der Waals surface area contributed by atoms with E-state index in [-0.39, 0.29) is 19.3 Å². The summed E-state index contributed by atoms with van der Waals surface area (Å²) in [6.07, 6.45) is -0.351. The molecule has 8 heteroatoms. The van der Waals surface area contributed by atoms with E-state index in [1.165, 1.54) is 13.8 Å². The minimum atomic E-state index is -1.24. The fraction of sp³-hybridized carbons (Fsp3) is 0.667. The lowest BCUT2D eigenvalue weighted by Crippen LogP contribution is -2.52. The van der Waals surface area contributed by atoms with Gasteiger partial charge >= 0.3 is 11.9 Å². The van der Waals surface area contributed by atoms with Gasteiger partial charge in [0.25, 0.3) is 0 Å². The summed E-state index contributed by atoms with van der Waals surface area (Å²) >= 11 is 0.735. The fourth-order valence-corrected chi connectivity index (χ4v) is 2.48. The number of hydrogen-bond acceptors (Lipinski definition) is 5. The molecule has 3 N–H and O–H groups in total. The molecule has 0 aromatic heterocycles. The van der Waals surface area contributed by atoms with Crippen LogP contribution in [0, 0.1) is 0 Å². The lowest BCUT2D eigenvalue weighted by atomic mass is 10.0. The molecule has 1 amide bonds. The molecule has 0 aliphatic rings. The maximum Gasteiger partial charge on any atom is 0.327 e. The Morgan fingerprint density at radius 2 is 1.70 bits per heavy atom. The Labute approximate surface area is 121 Å². The second-order valence-corrected chi connectivity index (χ2v) is 6.38. The van der Waals surface area contributed by atoms with E-state index in [2.05, 4.69) is 5.32 Å². The number of aliphatic carboxylic acids is 2. The molecule has 0 fully saturated rings. The molecule has 7 nitrogen and oxygen atoms in total. The van der Waals surface area contributed by atoms with Gasteiger partial charge in [-0.3, -0.25) is 14.4 Å². The fourth-order valence-electron chi connectivity index (χ4n) is 1.41. The van der Waals surface area contributed by atoms with Gasteiger partial charge in [0.2, 0.25) is 5.91 Å². The number of rotatable bonds is 8. The lowest BCUT2D eigenvalue weighted by Gasteiger charge is -2.30. The number of nitrogens with one attached hydrogen (secondary N) is 1. The van der Waals surface area contributed by atoms with Crippen LogP contribution in [0.25, 0.3) is 0 Å². The van der Waals surface area contributed by atoms with Crippen molar-refractivity contribution in [1.29, 1.82) is 0 Å². The molecule has 0 aliphatic heterocycles. The van der Waals surface area contributed by atoms with E-state index in [4.69, 9.17) is 10.2 Å². The van der Waals surface area contributed by atoms with Gasteiger partial charge in [-0.1, -0.05) is 18.7 Å². The van der Waals surface area contributed by atoms with Crippen LogP contribution in [0.4, 0.5) is 0 Å². The average Bonchev–Trinajstić information content (AvgIpc) is 2.31. The third-order valence-electron chi connectivity index (χ3n) is 2.49. The van der Waals surface area contributed by atoms with Crippen LogP contribution in [-0.4, -0.2) is 44.0 Å². The first-order valence-corrected chi connectivity index (χ1v) is 6.87. The van der Waals surface area contributed by atoms with Gasteiger partial charge < -0.3 is 15.5 Å². The third kappa shape index (κ3) is 6.55. The molecule has 0 spiro atoms. The molecule has 0 radical (unpaired) electrons. The molecule has 0 aromatic carbocycles. The Morgan fingerprint density at radius 1 is 1.15 bits per heavy atom. The second-order valence-electron chi connectivity index (χ2n) is 4.66. The van der Waals surface area contributed by atoms with Crippen molar-refractivity contribution in [3.05, 3.63) is 0 Å². The summed E-state index contributed by atoms with van der Waals surface area (Å²) in [7, 11) is 0. The summed E-state index contributed by atoms with van der Waals surface area (Å²) in [5.74, 6) is -2.76. The van der Waals surface area contributed by atoms with Crippen LogP contribution in [0.3, 0.4) is 0 Å². The van der Waals surface area contributed by atoms with Crippen molar-refractivity contribution in [3.63, 3.8) is 0 Å². The van der Waals surface area contributed by atoms with Gasteiger partial charge in [0, 0.05) is 17.6 Å². The predicted octanol–water partition coefficient (Wildman–Crippen LogP) is 0.869. The van der Waals surface area contributed by atoms with Crippen molar-refractivity contribution >= 4 is 34.7 Å². The van der Waals surface area contributed by atoms with Gasteiger partial charge in [0.05, 0.1) is 6.42 Å². The number of carbonyl (C=O) groups is 4. The minimum Gasteiger partial charge on any atom is -0.481 e. The Morgan fingerprint density at radius 3 is 2.10 bits per heavy atom. The summed E-state index contributed by atoms with van der Waals surface area (Å²) < 4.78 is -1.08. The summed E-state index contributed by atoms with van der Waals surface area (Å²) in [5.41, 5.74) is 0. The molecule has 0 saturated carbocycles. The zero-order chi connectivity index (χ0) is 15.9. The zero-order valence-corrected chi connectivity index (χ0v) is 12.5. The standard InChI is InChI=1S/C12H19NO6S/c1-4-7(14)13-10(11(18)19)12(2,3)20-9(17)6-5-8(15)16/h10H,4-6H2,1-3H3,(H,13,14)(H,15,16)(H,18,19)/t10-/m1/s1. The molecule has 0 saturated heterocycles. The molecule has 0 aliphatic carbocycles. The van der Waals surface area contributed by atoms with Gasteiger partial charge in [-0.05, 0) is 13.8 Å². The van der Waals surface area contributed by atoms with E-state index >= 15 is 0 Å². The molecule has 0 unspecified atom stereocenters. The monoisotopic (exact) mass is 305 g/mol. The van der Waals surface area contributed by atoms with Crippen molar-refractivity contribution in [2.45, 2.75) is 50.8 Å². The highest BCUT2D eigenvalue weighted by molar-refractivity contribution is 8.14. The highest BCUT2D eigenvalue weighted by Crippen LogP contribution is 2.30. The van der Waals surface area contributed by atoms with Gasteiger partial charge in [0.1, 0.15) is 6.04 Å². The predicted molar refractivity (Wildman–Crippen MR) is 73.4 cm³/mol. The smallest absolute Gasteiger partial charge is 0.327 e. The SMILES string of the molecule is CCC(=O)N[C@H](C(=O)O)C(C)(C)SC(=O)CCC(=O)O. The van der Waals surface area contributed by atoms with Gasteiger partial charge in [0.15, 0.2) is 5.12 Å². The largest absolute Gasteiger partial charge is 0.481 e. The quantitative estimate of drug-likeness (QED) is 0.608. The molecule has 0 rings (SSSR count). The van der Waals surface area contributed by atoms with Gasteiger partial charge in [-0.15, -0.1) is 0 Å². The molecule has 1 atom stereocenters. The van der Waals surface area contributed by atoms with E-state index in [0.29, 0.717) is 0 Å². The molecule has 20 heavy (non-hydrogen) atoms. The highest BCUT2D eigenvalue weighted by Gasteiger charge is 2.38. The number of hydrogen-bond donors (Lipinski definition) is 3. The van der Waals surface area contributed by atoms with Crippen molar-refractivity contribution in [1.82, 2.24) is 5.32 Å². The van der Waals surface area contributed by atoms with Crippen LogP contribution in [-0.2, 0) is 19.2 Å². The molecule has 0 aromatic rings. The topological polar surface area (TPSA) is 121 Å². The zero-order valence-electron chi connectivity index (χ0n) is 11.6. The van der Waals surface area contributed by atoms with Gasteiger partial charge in [-0.2, -0.15) is 0 Å². The lowest BCUT2D eigenvalue weighted by molar-refractivity contribution is -0.142. The van der Waals surface area contributed by atoms with Gasteiger partial charge in [-0.25, -0.2) is 4.79 Å². The maximum atomic E-state index is 11.6. The van der Waals surface area contributed by atoms with Crippen LogP contribution >= 0.6 is 11.8 Å². The van der Waals surface area contributed by atoms with Crippen LogP contribution in [0.1, 0.15) is 40.0 Å². The molecular weight excluding hydrogens is 286 g/mol. The first kappa shape index (κ1) is 18.4. The summed E-state index contributed by atoms with van der Waals surface area (Å²) in [6.45, 7) is 4.63. The number of thioether (sulfide) groups is 1. The van der Waals surface area contributed by atoms with Crippen LogP contribution in [0.5, 0.6) is 0 Å². The first-order chi connectivity index (χ1) is 9.10. The Kier molecular flexibility index (Phi) is 7.26. The normalized spacial score (nSPS) is 12.6. The van der Waals surface area contributed by atoms with E-state index in [9.17, 15) is 19.2 Å². The Bertz CT molecular complexity index is 407. The summed E-state index contributed by atoms with van der Waals surface area (Å²) in [5, 5.41) is 19.6. The van der Waals surface area contributed by atoms with Crippen molar-refractivity contribution in [2.75, 3.05) is 0 Å². The van der Waals surface area contributed by atoms with Crippen LogP contribution in [0.2, 0.25) is 0 Å². The van der Waals surface area contributed by atoms with Crippen molar-refractivity contribution < 1.29 is 29.4 Å². The van der Waals surface area contributed by atoms with E-state index in [1.807, 2.05) is 0 Å². The minimum absolute atomic E-state index is 0.136. The van der Waals surface area contributed by atoms with Crippen molar-refractivity contribution in [3.8, 4) is 0 Å². The first-order valence-electron chi connectivity index (χ1n) is 6.06. The number of carboxylic acid groups (broad SMARTS) is 2. The maximum absolute atomic E-state index is 11.6. The number of carboxylic acids is 2. The molecule has 0 heterocycles. The van der Waals surface area contributed by atoms with E-state index in [1.54, 1.807) is 6.92 Å². The van der Waals surface area contributed by atoms with Crippen molar-refractivity contribution in [2.24, 2.45) is 0 Å². The summed E-state index contributed by atoms with van der Waals surface area (Å²) in [4.78, 5) is 44.6. The molecule has 0 bridgehead atoms. The highest BCUT2D eigenvalue weighted by atomic mass is 32.2. The Balaban J connectivity index is 4.77. The molecular formula is C12H19NO6S. The number of amides is 1. The Hall–Kier alpha value is -1.57. The molecule has 114 valence electrons.